The molecule has 1 aliphatic heterocycles. The first-order valence-corrected chi connectivity index (χ1v) is 6.15. The fourth-order valence-corrected chi connectivity index (χ4v) is 1.90. The summed E-state index contributed by atoms with van der Waals surface area (Å²) in [6, 6.07) is -0.329. The van der Waals surface area contributed by atoms with Crippen LogP contribution in [0.1, 0.15) is 18.7 Å². The number of aliphatic hydroxyl groups is 1. The van der Waals surface area contributed by atoms with Gasteiger partial charge in [0.15, 0.2) is 0 Å². The number of amides is 1. The Bertz CT molecular complexity index is 412. The van der Waals surface area contributed by atoms with Crippen molar-refractivity contribution in [3.8, 4) is 0 Å². The summed E-state index contributed by atoms with van der Waals surface area (Å²) in [5, 5.41) is 18.8. The van der Waals surface area contributed by atoms with Gasteiger partial charge in [0.25, 0.3) is 0 Å². The fraction of sp³-hybridized carbons (Fsp3) is 0.700. The number of nitrogens with one attached hydrogen (secondary N) is 2. The van der Waals surface area contributed by atoms with Gasteiger partial charge < -0.3 is 15.2 Å². The Morgan fingerprint density at radius 2 is 2.50 bits per heavy atom. The van der Waals surface area contributed by atoms with Gasteiger partial charge in [0, 0.05) is 19.4 Å². The van der Waals surface area contributed by atoms with Crippen LogP contribution in [0, 0.1) is 0 Å². The van der Waals surface area contributed by atoms with E-state index in [2.05, 4.69) is 20.5 Å². The molecular weight excluding hydrogens is 260 g/mol. The molecule has 1 aliphatic rings. The van der Waals surface area contributed by atoms with E-state index in [1.54, 1.807) is 0 Å². The number of carbonyl (C=O) groups excluding carboxylic acids is 1. The van der Waals surface area contributed by atoms with Gasteiger partial charge in [0.1, 0.15) is 5.82 Å². The van der Waals surface area contributed by atoms with Crippen LogP contribution in [0.25, 0.3) is 0 Å². The molecule has 1 saturated heterocycles. The fourth-order valence-electron chi connectivity index (χ4n) is 1.76. The van der Waals surface area contributed by atoms with Crippen LogP contribution in [0.5, 0.6) is 0 Å². The van der Waals surface area contributed by atoms with E-state index in [1.807, 2.05) is 0 Å². The average Bonchev–Trinajstić information content (AvgIpc) is 2.76. The molecule has 0 spiro atoms. The second-order valence-corrected chi connectivity index (χ2v) is 4.49. The van der Waals surface area contributed by atoms with Crippen molar-refractivity contribution < 1.29 is 14.6 Å². The first-order valence-electron chi connectivity index (χ1n) is 5.77. The molecule has 1 aromatic rings. The molecule has 100 valence electrons. The molecular formula is C10H15ClN4O3. The Kier molecular flexibility index (Phi) is 4.51. The van der Waals surface area contributed by atoms with Crippen molar-refractivity contribution in [3.63, 3.8) is 0 Å². The summed E-state index contributed by atoms with van der Waals surface area (Å²) in [5.74, 6) is 0.410. The van der Waals surface area contributed by atoms with Gasteiger partial charge >= 0.3 is 0 Å². The number of halogens is 1. The lowest BCUT2D eigenvalue weighted by Crippen LogP contribution is -2.49. The number of aliphatic hydroxyl groups excluding tert-OH is 1. The Hall–Kier alpha value is -1.18. The van der Waals surface area contributed by atoms with Crippen molar-refractivity contribution in [3.05, 3.63) is 11.1 Å². The molecule has 1 fully saturated rings. The number of H-pyrrole nitrogens is 1. The van der Waals surface area contributed by atoms with Crippen LogP contribution in [-0.4, -0.2) is 51.6 Å². The van der Waals surface area contributed by atoms with Crippen molar-refractivity contribution >= 4 is 17.5 Å². The topological polar surface area (TPSA) is 100 Å². The van der Waals surface area contributed by atoms with Crippen LogP contribution in [0.3, 0.4) is 0 Å². The highest BCUT2D eigenvalue weighted by Gasteiger charge is 2.24. The Morgan fingerprint density at radius 3 is 3.17 bits per heavy atom. The standard InChI is InChI=1S/C10H15ClN4O3/c11-10-13-8(14-15-10)1-2-9(17)12-6-5-18-4-3-7(6)16/h6-7,16H,1-5H2,(H,12,17)(H,13,14,15)/t6-,7-/m1/s1. The van der Waals surface area contributed by atoms with Gasteiger partial charge in [-0.25, -0.2) is 4.98 Å². The van der Waals surface area contributed by atoms with Crippen molar-refractivity contribution in [2.75, 3.05) is 13.2 Å². The van der Waals surface area contributed by atoms with Crippen LogP contribution < -0.4 is 5.32 Å². The number of ether oxygens (including phenoxy) is 1. The maximum absolute atomic E-state index is 11.7. The van der Waals surface area contributed by atoms with Crippen molar-refractivity contribution in [1.82, 2.24) is 20.5 Å². The molecule has 3 N–H and O–H groups in total. The predicted molar refractivity (Wildman–Crippen MR) is 63.1 cm³/mol. The number of hydrogen-bond acceptors (Lipinski definition) is 5. The molecule has 0 saturated carbocycles. The normalized spacial score (nSPS) is 23.9. The Morgan fingerprint density at radius 1 is 1.67 bits per heavy atom. The minimum atomic E-state index is -0.539. The van der Waals surface area contributed by atoms with E-state index in [9.17, 15) is 9.90 Å². The summed E-state index contributed by atoms with van der Waals surface area (Å²) < 4.78 is 5.20. The number of aromatic amines is 1. The maximum Gasteiger partial charge on any atom is 0.242 e. The molecule has 0 unspecified atom stereocenters. The largest absolute Gasteiger partial charge is 0.391 e. The number of carbonyl (C=O) groups is 1. The highest BCUT2D eigenvalue weighted by molar-refractivity contribution is 6.28. The zero-order valence-corrected chi connectivity index (χ0v) is 10.5. The first-order chi connectivity index (χ1) is 8.65. The van der Waals surface area contributed by atoms with Crippen LogP contribution in [0.15, 0.2) is 0 Å². The van der Waals surface area contributed by atoms with E-state index in [-0.39, 0.29) is 23.7 Å². The van der Waals surface area contributed by atoms with E-state index in [4.69, 9.17) is 16.3 Å². The van der Waals surface area contributed by atoms with Crippen LogP contribution >= 0.6 is 11.6 Å². The monoisotopic (exact) mass is 274 g/mol. The van der Waals surface area contributed by atoms with Gasteiger partial charge in [-0.1, -0.05) is 0 Å². The summed E-state index contributed by atoms with van der Waals surface area (Å²) in [6.07, 6.45) is 0.689. The number of aryl methyl sites for hydroxylation is 1. The summed E-state index contributed by atoms with van der Waals surface area (Å²) in [6.45, 7) is 0.880. The lowest BCUT2D eigenvalue weighted by Gasteiger charge is -2.28. The van der Waals surface area contributed by atoms with Crippen molar-refractivity contribution in [2.24, 2.45) is 0 Å². The maximum atomic E-state index is 11.7. The highest BCUT2D eigenvalue weighted by atomic mass is 35.5. The third-order valence-corrected chi connectivity index (χ3v) is 2.93. The molecule has 0 aromatic carbocycles. The van der Waals surface area contributed by atoms with Gasteiger partial charge in [0.05, 0.1) is 18.8 Å². The van der Waals surface area contributed by atoms with Crippen molar-refractivity contribution in [2.45, 2.75) is 31.4 Å². The SMILES string of the molecule is O=C(CCc1nc(Cl)n[nH]1)N[C@@H]1COCC[C@H]1O. The lowest BCUT2D eigenvalue weighted by molar-refractivity contribution is -0.124. The van der Waals surface area contributed by atoms with Crippen molar-refractivity contribution in [1.29, 1.82) is 0 Å². The number of hydrogen-bond donors (Lipinski definition) is 3. The molecule has 2 heterocycles. The van der Waals surface area contributed by atoms with Crippen LogP contribution in [0.2, 0.25) is 5.28 Å². The molecule has 1 amide bonds. The summed E-state index contributed by atoms with van der Waals surface area (Å²) in [4.78, 5) is 15.6. The highest BCUT2D eigenvalue weighted by Crippen LogP contribution is 2.08. The zero-order valence-electron chi connectivity index (χ0n) is 9.73. The molecule has 1 aromatic heterocycles. The second kappa shape index (κ2) is 6.12. The Balaban J connectivity index is 1.74. The smallest absolute Gasteiger partial charge is 0.242 e. The molecule has 2 atom stereocenters. The summed E-state index contributed by atoms with van der Waals surface area (Å²) in [5.41, 5.74) is 0. The average molecular weight is 275 g/mol. The van der Waals surface area contributed by atoms with E-state index in [0.717, 1.165) is 0 Å². The van der Waals surface area contributed by atoms with Gasteiger partial charge in [-0.05, 0) is 18.0 Å². The van der Waals surface area contributed by atoms with E-state index in [0.29, 0.717) is 31.9 Å². The minimum Gasteiger partial charge on any atom is -0.391 e. The van der Waals surface area contributed by atoms with Gasteiger partial charge in [-0.2, -0.15) is 0 Å². The quantitative estimate of drug-likeness (QED) is 0.697. The van der Waals surface area contributed by atoms with Gasteiger partial charge in [0.2, 0.25) is 11.2 Å². The molecule has 18 heavy (non-hydrogen) atoms. The predicted octanol–water partition coefficient (Wildman–Crippen LogP) is -0.343. The molecule has 0 aliphatic carbocycles. The summed E-state index contributed by atoms with van der Waals surface area (Å²) in [7, 11) is 0. The third kappa shape index (κ3) is 3.66. The van der Waals surface area contributed by atoms with Gasteiger partial charge in [-0.15, -0.1) is 5.10 Å². The van der Waals surface area contributed by atoms with Crippen LogP contribution in [-0.2, 0) is 16.0 Å². The van der Waals surface area contributed by atoms with E-state index >= 15 is 0 Å². The number of aromatic nitrogens is 3. The Labute approximate surface area is 109 Å². The number of rotatable bonds is 4. The molecule has 0 bridgehead atoms. The zero-order chi connectivity index (χ0) is 13.0. The van der Waals surface area contributed by atoms with E-state index in [1.165, 1.54) is 0 Å². The minimum absolute atomic E-state index is 0.140. The van der Waals surface area contributed by atoms with Crippen LogP contribution in [0.4, 0.5) is 0 Å². The van der Waals surface area contributed by atoms with Gasteiger partial charge in [-0.3, -0.25) is 9.89 Å². The molecule has 7 nitrogen and oxygen atoms in total. The number of nitrogens with zero attached hydrogens (tertiary/aromatic N) is 2. The first kappa shape index (κ1) is 13.3. The second-order valence-electron chi connectivity index (χ2n) is 4.16. The molecule has 0 radical (unpaired) electrons. The molecule has 2 rings (SSSR count). The third-order valence-electron chi connectivity index (χ3n) is 2.76. The van der Waals surface area contributed by atoms with E-state index < -0.39 is 6.10 Å². The summed E-state index contributed by atoms with van der Waals surface area (Å²) >= 11 is 5.55. The lowest BCUT2D eigenvalue weighted by atomic mass is 10.1. The molecule has 8 heteroatoms.